The van der Waals surface area contributed by atoms with Gasteiger partial charge in [-0.1, -0.05) is 12.8 Å². The third-order valence-electron chi connectivity index (χ3n) is 3.93. The minimum atomic E-state index is 0.214. The van der Waals surface area contributed by atoms with Crippen molar-refractivity contribution in [3.05, 3.63) is 16.7 Å². The van der Waals surface area contributed by atoms with Crippen LogP contribution < -0.4 is 11.1 Å². The molecule has 2 heterocycles. The molecule has 108 valence electrons. The van der Waals surface area contributed by atoms with Gasteiger partial charge in [0.1, 0.15) is 11.6 Å². The summed E-state index contributed by atoms with van der Waals surface area (Å²) in [4.78, 5) is 4.54. The van der Waals surface area contributed by atoms with E-state index in [0.29, 0.717) is 11.5 Å². The molecule has 1 saturated carbocycles. The van der Waals surface area contributed by atoms with E-state index in [0.717, 1.165) is 23.1 Å². The second-order valence-electron chi connectivity index (χ2n) is 5.27. The monoisotopic (exact) mass is 339 g/mol. The molecule has 0 aromatic carbocycles. The van der Waals surface area contributed by atoms with Gasteiger partial charge in [0.25, 0.3) is 0 Å². The normalized spacial score (nSPS) is 23.1. The smallest absolute Gasteiger partial charge is 0.173 e. The number of aliphatic hydroxyl groups is 1. The molecule has 0 spiro atoms. The Morgan fingerprint density at radius 3 is 3.05 bits per heavy atom. The van der Waals surface area contributed by atoms with E-state index in [9.17, 15) is 5.11 Å². The van der Waals surface area contributed by atoms with Crippen LogP contribution in [0.25, 0.3) is 5.65 Å². The molecular formula is C13H18BrN5O. The van der Waals surface area contributed by atoms with Crippen molar-refractivity contribution < 1.29 is 5.11 Å². The van der Waals surface area contributed by atoms with Crippen molar-refractivity contribution in [1.29, 1.82) is 0 Å². The maximum absolute atomic E-state index is 9.47. The summed E-state index contributed by atoms with van der Waals surface area (Å²) >= 11 is 3.42. The summed E-state index contributed by atoms with van der Waals surface area (Å²) in [5, 5.41) is 17.0. The molecule has 2 atom stereocenters. The van der Waals surface area contributed by atoms with Gasteiger partial charge in [0.15, 0.2) is 5.65 Å². The summed E-state index contributed by atoms with van der Waals surface area (Å²) in [7, 11) is 0. The van der Waals surface area contributed by atoms with E-state index in [2.05, 4.69) is 31.3 Å². The maximum Gasteiger partial charge on any atom is 0.173 e. The third kappa shape index (κ3) is 2.47. The molecule has 1 aliphatic carbocycles. The van der Waals surface area contributed by atoms with Crippen molar-refractivity contribution in [2.75, 3.05) is 17.7 Å². The number of halogens is 1. The zero-order valence-electron chi connectivity index (χ0n) is 11.1. The lowest BCUT2D eigenvalue weighted by atomic mass is 9.85. The molecule has 0 amide bonds. The SMILES string of the molecule is Nc1cc(N[C@@H]2CCCC[C@H]2CO)nc2c(Br)cnn12. The largest absolute Gasteiger partial charge is 0.396 e. The van der Waals surface area contributed by atoms with Crippen molar-refractivity contribution in [3.8, 4) is 0 Å². The first-order chi connectivity index (χ1) is 9.69. The lowest BCUT2D eigenvalue weighted by Gasteiger charge is -2.31. The van der Waals surface area contributed by atoms with Gasteiger partial charge in [-0.25, -0.2) is 4.98 Å². The second kappa shape index (κ2) is 5.57. The maximum atomic E-state index is 9.47. The Balaban J connectivity index is 1.88. The Morgan fingerprint density at radius 1 is 1.45 bits per heavy atom. The quantitative estimate of drug-likeness (QED) is 0.796. The first-order valence-corrected chi connectivity index (χ1v) is 7.65. The number of nitrogens with zero attached hydrogens (tertiary/aromatic N) is 3. The summed E-state index contributed by atoms with van der Waals surface area (Å²) in [6.45, 7) is 0.214. The fourth-order valence-electron chi connectivity index (χ4n) is 2.84. The van der Waals surface area contributed by atoms with Crippen molar-refractivity contribution in [3.63, 3.8) is 0 Å². The molecule has 0 bridgehead atoms. The third-order valence-corrected chi connectivity index (χ3v) is 4.49. The highest BCUT2D eigenvalue weighted by atomic mass is 79.9. The number of anilines is 2. The number of aromatic nitrogens is 3. The predicted molar refractivity (Wildman–Crippen MR) is 81.6 cm³/mol. The van der Waals surface area contributed by atoms with E-state index in [1.807, 2.05) is 0 Å². The van der Waals surface area contributed by atoms with E-state index < -0.39 is 0 Å². The van der Waals surface area contributed by atoms with Crippen LogP contribution in [0.2, 0.25) is 0 Å². The first kappa shape index (κ1) is 13.6. The van der Waals surface area contributed by atoms with Gasteiger partial charge >= 0.3 is 0 Å². The highest BCUT2D eigenvalue weighted by Gasteiger charge is 2.25. The predicted octanol–water partition coefficient (Wildman–Crippen LogP) is 2.04. The molecular weight excluding hydrogens is 322 g/mol. The van der Waals surface area contributed by atoms with E-state index in [1.165, 1.54) is 12.8 Å². The Kier molecular flexibility index (Phi) is 3.80. The van der Waals surface area contributed by atoms with Crippen LogP contribution in [0.5, 0.6) is 0 Å². The van der Waals surface area contributed by atoms with Gasteiger partial charge in [-0.3, -0.25) is 0 Å². The summed E-state index contributed by atoms with van der Waals surface area (Å²) in [6.07, 6.45) is 6.16. The van der Waals surface area contributed by atoms with Crippen molar-refractivity contribution >= 4 is 33.2 Å². The average Bonchev–Trinajstić information content (AvgIpc) is 2.82. The molecule has 3 rings (SSSR count). The number of nitrogens with one attached hydrogen (secondary N) is 1. The van der Waals surface area contributed by atoms with Gasteiger partial charge < -0.3 is 16.2 Å². The molecule has 0 aliphatic heterocycles. The highest BCUT2D eigenvalue weighted by molar-refractivity contribution is 9.10. The summed E-state index contributed by atoms with van der Waals surface area (Å²) in [5.41, 5.74) is 6.69. The zero-order valence-corrected chi connectivity index (χ0v) is 12.7. The van der Waals surface area contributed by atoms with Crippen LogP contribution >= 0.6 is 15.9 Å². The number of fused-ring (bicyclic) bond motifs is 1. The molecule has 1 aliphatic rings. The molecule has 0 saturated heterocycles. The van der Waals surface area contributed by atoms with Crippen LogP contribution in [-0.4, -0.2) is 32.4 Å². The number of nitrogen functional groups attached to an aromatic ring is 1. The topological polar surface area (TPSA) is 88.5 Å². The molecule has 0 radical (unpaired) electrons. The van der Waals surface area contributed by atoms with E-state index >= 15 is 0 Å². The van der Waals surface area contributed by atoms with Crippen molar-refractivity contribution in [1.82, 2.24) is 14.6 Å². The Bertz CT molecular complexity index is 614. The molecule has 1 fully saturated rings. The number of rotatable bonds is 3. The van der Waals surface area contributed by atoms with Crippen LogP contribution in [0.4, 0.5) is 11.6 Å². The lowest BCUT2D eigenvalue weighted by molar-refractivity contribution is 0.178. The second-order valence-corrected chi connectivity index (χ2v) is 6.13. The van der Waals surface area contributed by atoms with Gasteiger partial charge in [0.2, 0.25) is 0 Å². The summed E-state index contributed by atoms with van der Waals surface area (Å²) in [5.74, 6) is 1.57. The fraction of sp³-hybridized carbons (Fsp3) is 0.538. The van der Waals surface area contributed by atoms with Crippen LogP contribution in [0, 0.1) is 5.92 Å². The van der Waals surface area contributed by atoms with Crippen LogP contribution in [-0.2, 0) is 0 Å². The lowest BCUT2D eigenvalue weighted by Crippen LogP contribution is -2.34. The molecule has 6 nitrogen and oxygen atoms in total. The Morgan fingerprint density at radius 2 is 2.25 bits per heavy atom. The van der Waals surface area contributed by atoms with Crippen LogP contribution in [0.3, 0.4) is 0 Å². The van der Waals surface area contributed by atoms with Crippen molar-refractivity contribution in [2.45, 2.75) is 31.7 Å². The Hall–Kier alpha value is -1.34. The first-order valence-electron chi connectivity index (χ1n) is 6.86. The van der Waals surface area contributed by atoms with E-state index in [1.54, 1.807) is 16.8 Å². The average molecular weight is 340 g/mol. The van der Waals surface area contributed by atoms with Gasteiger partial charge in [-0.2, -0.15) is 9.61 Å². The minimum Gasteiger partial charge on any atom is -0.396 e. The fourth-order valence-corrected chi connectivity index (χ4v) is 3.19. The number of hydrogen-bond acceptors (Lipinski definition) is 5. The van der Waals surface area contributed by atoms with Gasteiger partial charge in [0.05, 0.1) is 10.7 Å². The molecule has 20 heavy (non-hydrogen) atoms. The minimum absolute atomic E-state index is 0.214. The highest BCUT2D eigenvalue weighted by Crippen LogP contribution is 2.28. The molecule has 2 aromatic rings. The zero-order chi connectivity index (χ0) is 14.1. The van der Waals surface area contributed by atoms with Gasteiger partial charge in [-0.05, 0) is 28.8 Å². The van der Waals surface area contributed by atoms with E-state index in [-0.39, 0.29) is 18.6 Å². The summed E-state index contributed by atoms with van der Waals surface area (Å²) < 4.78 is 2.41. The van der Waals surface area contributed by atoms with Gasteiger partial charge in [-0.15, -0.1) is 0 Å². The molecule has 0 unspecified atom stereocenters. The Labute approximate surface area is 125 Å². The number of aliphatic hydroxyl groups excluding tert-OH is 1. The van der Waals surface area contributed by atoms with Crippen molar-refractivity contribution in [2.24, 2.45) is 5.92 Å². The molecule has 7 heteroatoms. The molecule has 2 aromatic heterocycles. The van der Waals surface area contributed by atoms with Gasteiger partial charge in [0, 0.05) is 24.6 Å². The number of hydrogen-bond donors (Lipinski definition) is 3. The van der Waals surface area contributed by atoms with Crippen LogP contribution in [0.1, 0.15) is 25.7 Å². The van der Waals surface area contributed by atoms with E-state index in [4.69, 9.17) is 5.73 Å². The molecule has 4 N–H and O–H groups in total. The standard InChI is InChI=1S/C13H18BrN5O/c14-9-6-16-19-11(15)5-12(18-13(9)19)17-10-4-2-1-3-8(10)7-20/h5-6,8,10,20H,1-4,7,15H2,(H,17,18)/t8-,10+/m0/s1. The number of nitrogens with two attached hydrogens (primary N) is 1. The van der Waals surface area contributed by atoms with Crippen LogP contribution in [0.15, 0.2) is 16.7 Å². The summed E-state index contributed by atoms with van der Waals surface area (Å²) in [6, 6.07) is 2.04.